The molecule has 0 spiro atoms. The van der Waals surface area contributed by atoms with E-state index in [1.54, 1.807) is 30.3 Å². The summed E-state index contributed by atoms with van der Waals surface area (Å²) in [5, 5.41) is 20.1. The van der Waals surface area contributed by atoms with E-state index in [4.69, 9.17) is 38.4 Å². The average molecular weight is 470 g/mol. The number of para-hydroxylation sites is 1. The Hall–Kier alpha value is -3.67. The number of rotatable bonds is 5. The van der Waals surface area contributed by atoms with Gasteiger partial charge in [0.05, 0.1) is 16.0 Å². The molecule has 1 aromatic heterocycles. The number of nitrogens with zero attached hydrogens (tertiary/aromatic N) is 2. The maximum atomic E-state index is 12.4. The number of carbonyl (C=O) groups excluding carboxylic acids is 1. The third kappa shape index (κ3) is 4.08. The monoisotopic (exact) mass is 469 g/mol. The molecule has 0 saturated heterocycles. The average Bonchev–Trinajstić information content (AvgIpc) is 3.14. The first-order chi connectivity index (χ1) is 15.4. The molecule has 0 radical (unpaired) electrons. The predicted octanol–water partition coefficient (Wildman–Crippen LogP) is 4.26. The molecule has 1 aliphatic heterocycles. The van der Waals surface area contributed by atoms with Gasteiger partial charge in [0.1, 0.15) is 17.4 Å². The molecule has 0 aliphatic carbocycles. The number of nitriles is 1. The van der Waals surface area contributed by atoms with Crippen LogP contribution in [-0.4, -0.2) is 22.7 Å². The maximum Gasteiger partial charge on any atom is 0.262 e. The number of aromatic amines is 1. The Kier molecular flexibility index (Phi) is 5.95. The van der Waals surface area contributed by atoms with Crippen molar-refractivity contribution in [1.82, 2.24) is 10.2 Å². The first kappa shape index (κ1) is 21.6. The second-order valence-corrected chi connectivity index (χ2v) is 7.81. The van der Waals surface area contributed by atoms with Crippen LogP contribution in [0.3, 0.4) is 0 Å². The van der Waals surface area contributed by atoms with Crippen molar-refractivity contribution in [3.05, 3.63) is 80.8 Å². The van der Waals surface area contributed by atoms with Crippen LogP contribution < -0.4 is 20.5 Å². The molecule has 1 amide bonds. The summed E-state index contributed by atoms with van der Waals surface area (Å²) < 4.78 is 11.3. The van der Waals surface area contributed by atoms with E-state index in [2.05, 4.69) is 21.6 Å². The number of benzene rings is 2. The fraction of sp³-hybridized carbons (Fsp3) is 0.136. The molecule has 0 fully saturated rings. The lowest BCUT2D eigenvalue weighted by molar-refractivity contribution is -0.118. The van der Waals surface area contributed by atoms with Crippen molar-refractivity contribution >= 4 is 34.8 Å². The number of amides is 1. The lowest BCUT2D eigenvalue weighted by atomic mass is 9.83. The molecule has 2 aromatic carbocycles. The smallest absolute Gasteiger partial charge is 0.262 e. The number of allylic oxidation sites excluding steroid dienone is 1. The summed E-state index contributed by atoms with van der Waals surface area (Å²) in [4.78, 5) is 12.4. The molecule has 32 heavy (non-hydrogen) atoms. The summed E-state index contributed by atoms with van der Waals surface area (Å²) in [6, 6.07) is 14.0. The van der Waals surface area contributed by atoms with Crippen LogP contribution in [0.5, 0.6) is 11.6 Å². The number of halogens is 2. The molecule has 162 valence electrons. The molecular formula is C22H17Cl2N5O3. The van der Waals surface area contributed by atoms with Gasteiger partial charge in [0.2, 0.25) is 11.8 Å². The van der Waals surface area contributed by atoms with Gasteiger partial charge in [0.25, 0.3) is 5.91 Å². The van der Waals surface area contributed by atoms with E-state index in [0.717, 1.165) is 5.69 Å². The highest BCUT2D eigenvalue weighted by molar-refractivity contribution is 6.42. The van der Waals surface area contributed by atoms with Crippen LogP contribution in [-0.2, 0) is 4.79 Å². The summed E-state index contributed by atoms with van der Waals surface area (Å²) in [5.74, 6) is -0.242. The number of nitrogens with two attached hydrogens (primary N) is 1. The number of aryl methyl sites for hydroxylation is 1. The Morgan fingerprint density at radius 3 is 2.84 bits per heavy atom. The van der Waals surface area contributed by atoms with E-state index in [0.29, 0.717) is 38.5 Å². The van der Waals surface area contributed by atoms with Crippen LogP contribution in [0.4, 0.5) is 5.69 Å². The Balaban J connectivity index is 1.59. The lowest BCUT2D eigenvalue weighted by Gasteiger charge is -2.25. The molecule has 1 atom stereocenters. The van der Waals surface area contributed by atoms with Crippen LogP contribution in [0.2, 0.25) is 10.0 Å². The second kappa shape index (κ2) is 8.83. The van der Waals surface area contributed by atoms with Crippen LogP contribution in [0.25, 0.3) is 0 Å². The largest absolute Gasteiger partial charge is 0.483 e. The molecule has 4 N–H and O–H groups in total. The summed E-state index contributed by atoms with van der Waals surface area (Å²) >= 11 is 11.9. The predicted molar refractivity (Wildman–Crippen MR) is 120 cm³/mol. The molecule has 1 aliphatic rings. The van der Waals surface area contributed by atoms with E-state index in [9.17, 15) is 10.1 Å². The fourth-order valence-electron chi connectivity index (χ4n) is 3.47. The zero-order valence-corrected chi connectivity index (χ0v) is 18.3. The Labute approximate surface area is 193 Å². The number of fused-ring (bicyclic) bond motifs is 1. The molecule has 4 rings (SSSR count). The number of anilines is 1. The van der Waals surface area contributed by atoms with Gasteiger partial charge in [0, 0.05) is 22.5 Å². The molecule has 1 unspecified atom stereocenters. The Morgan fingerprint density at radius 1 is 1.31 bits per heavy atom. The molecule has 3 aromatic rings. The van der Waals surface area contributed by atoms with Crippen LogP contribution in [0.15, 0.2) is 53.9 Å². The quantitative estimate of drug-likeness (QED) is 0.512. The highest BCUT2D eigenvalue weighted by Gasteiger charge is 2.35. The second-order valence-electron chi connectivity index (χ2n) is 7.00. The summed E-state index contributed by atoms with van der Waals surface area (Å²) in [6.07, 6.45) is 0. The molecule has 10 heteroatoms. The SMILES string of the molecule is Cc1[nH]nc2c1C(c1ccccc1OCC(=O)Nc1ccc(Cl)c(Cl)c1)C(C#N)=C(N)O2. The van der Waals surface area contributed by atoms with Crippen molar-refractivity contribution < 1.29 is 14.3 Å². The van der Waals surface area contributed by atoms with Crippen molar-refractivity contribution in [2.45, 2.75) is 12.8 Å². The van der Waals surface area contributed by atoms with Gasteiger partial charge < -0.3 is 20.5 Å². The fourth-order valence-corrected chi connectivity index (χ4v) is 3.77. The Morgan fingerprint density at radius 2 is 2.09 bits per heavy atom. The topological polar surface area (TPSA) is 126 Å². The number of carbonyl (C=O) groups is 1. The van der Waals surface area contributed by atoms with Gasteiger partial charge in [0.15, 0.2) is 6.61 Å². The van der Waals surface area contributed by atoms with Crippen LogP contribution in [0.1, 0.15) is 22.7 Å². The van der Waals surface area contributed by atoms with Crippen LogP contribution in [0, 0.1) is 18.3 Å². The van der Waals surface area contributed by atoms with E-state index >= 15 is 0 Å². The van der Waals surface area contributed by atoms with Gasteiger partial charge in [-0.2, -0.15) is 5.26 Å². The molecule has 0 bridgehead atoms. The third-order valence-electron chi connectivity index (χ3n) is 4.92. The van der Waals surface area contributed by atoms with Crippen molar-refractivity contribution in [3.63, 3.8) is 0 Å². The van der Waals surface area contributed by atoms with Crippen molar-refractivity contribution in [2.75, 3.05) is 11.9 Å². The highest BCUT2D eigenvalue weighted by atomic mass is 35.5. The summed E-state index contributed by atoms with van der Waals surface area (Å²) in [7, 11) is 0. The number of aromatic nitrogens is 2. The van der Waals surface area contributed by atoms with Crippen molar-refractivity contribution in [2.24, 2.45) is 5.73 Å². The van der Waals surface area contributed by atoms with E-state index in [1.165, 1.54) is 0 Å². The van der Waals surface area contributed by atoms with Gasteiger partial charge in [-0.25, -0.2) is 0 Å². The number of hydrogen-bond donors (Lipinski definition) is 3. The van der Waals surface area contributed by atoms with E-state index in [-0.39, 0.29) is 24.0 Å². The first-order valence-corrected chi connectivity index (χ1v) is 10.2. The number of nitrogens with one attached hydrogen (secondary N) is 2. The summed E-state index contributed by atoms with van der Waals surface area (Å²) in [5.41, 5.74) is 8.78. The molecule has 2 heterocycles. The minimum atomic E-state index is -0.558. The molecule has 0 saturated carbocycles. The van der Waals surface area contributed by atoms with Gasteiger partial charge in [-0.15, -0.1) is 5.10 Å². The van der Waals surface area contributed by atoms with Gasteiger partial charge in [-0.1, -0.05) is 41.4 Å². The molecular weight excluding hydrogens is 453 g/mol. The summed E-state index contributed by atoms with van der Waals surface area (Å²) in [6.45, 7) is 1.56. The van der Waals surface area contributed by atoms with Crippen LogP contribution >= 0.6 is 23.2 Å². The minimum absolute atomic E-state index is 0.0244. The number of H-pyrrole nitrogens is 1. The van der Waals surface area contributed by atoms with Crippen molar-refractivity contribution in [3.8, 4) is 17.7 Å². The normalized spacial score (nSPS) is 14.9. The van der Waals surface area contributed by atoms with E-state index < -0.39 is 5.92 Å². The highest BCUT2D eigenvalue weighted by Crippen LogP contribution is 2.45. The maximum absolute atomic E-state index is 12.4. The first-order valence-electron chi connectivity index (χ1n) is 9.48. The zero-order valence-electron chi connectivity index (χ0n) is 16.8. The van der Waals surface area contributed by atoms with Crippen molar-refractivity contribution in [1.29, 1.82) is 5.26 Å². The van der Waals surface area contributed by atoms with E-state index in [1.807, 2.05) is 19.1 Å². The zero-order chi connectivity index (χ0) is 22.8. The van der Waals surface area contributed by atoms with Gasteiger partial charge in [-0.05, 0) is 31.2 Å². The standard InChI is InChI=1S/C22H17Cl2N5O3/c1-11-19-20(14(9-25)21(26)32-22(19)29-28-11)13-4-2-3-5-17(13)31-10-18(30)27-12-6-7-15(23)16(24)8-12/h2-8,20H,10,26H2,1H3,(H,27,30)(H,28,29). The number of ether oxygens (including phenoxy) is 2. The Bertz CT molecular complexity index is 1280. The van der Waals surface area contributed by atoms with Gasteiger partial charge >= 0.3 is 0 Å². The lowest BCUT2D eigenvalue weighted by Crippen LogP contribution is -2.23. The number of hydrogen-bond acceptors (Lipinski definition) is 6. The third-order valence-corrected chi connectivity index (χ3v) is 5.66. The van der Waals surface area contributed by atoms with Gasteiger partial charge in [-0.3, -0.25) is 9.89 Å². The minimum Gasteiger partial charge on any atom is -0.483 e. The molecule has 8 nitrogen and oxygen atoms in total.